The molecule has 1 aromatic rings. The highest BCUT2D eigenvalue weighted by Gasteiger charge is 2.16. The van der Waals surface area contributed by atoms with Gasteiger partial charge in [0.1, 0.15) is 6.04 Å². The van der Waals surface area contributed by atoms with Gasteiger partial charge in [-0.25, -0.2) is 3.53 Å². The third-order valence-corrected chi connectivity index (χ3v) is 2.93. The zero-order chi connectivity index (χ0) is 10.6. The Balaban J connectivity index is 2.77. The van der Waals surface area contributed by atoms with Crippen LogP contribution in [0.3, 0.4) is 0 Å². The first-order chi connectivity index (χ1) is 6.65. The van der Waals surface area contributed by atoms with E-state index in [1.807, 2.05) is 41.1 Å². The third-order valence-electron chi connectivity index (χ3n) is 1.81. The van der Waals surface area contributed by atoms with E-state index < -0.39 is 12.0 Å². The lowest BCUT2D eigenvalue weighted by atomic mass is 10.1. The van der Waals surface area contributed by atoms with E-state index in [1.54, 1.807) is 6.07 Å². The van der Waals surface area contributed by atoms with Gasteiger partial charge >= 0.3 is 5.97 Å². The second-order valence-corrected chi connectivity index (χ2v) is 3.83. The van der Waals surface area contributed by atoms with Crippen LogP contribution in [0.25, 0.3) is 0 Å². The predicted molar refractivity (Wildman–Crippen MR) is 63.7 cm³/mol. The van der Waals surface area contributed by atoms with Gasteiger partial charge in [0.05, 0.1) is 0 Å². The summed E-state index contributed by atoms with van der Waals surface area (Å²) in [5.41, 5.74) is 0.839. The van der Waals surface area contributed by atoms with Gasteiger partial charge in [-0.1, -0.05) is 29.8 Å². The fraction of sp³-hybridized carbons (Fsp3) is 0.222. The number of rotatable bonds is 4. The minimum Gasteiger partial charge on any atom is -0.480 e. The Morgan fingerprint density at radius 2 is 2.21 bits per heavy atom. The van der Waals surface area contributed by atoms with E-state index in [0.29, 0.717) is 11.4 Å². The molecule has 5 heteroatoms. The molecular formula is C9H9ClINO2. The van der Waals surface area contributed by atoms with E-state index in [0.717, 1.165) is 5.56 Å². The molecule has 0 aromatic heterocycles. The van der Waals surface area contributed by atoms with Crippen molar-refractivity contribution in [1.29, 1.82) is 0 Å². The van der Waals surface area contributed by atoms with Crippen LogP contribution in [-0.4, -0.2) is 17.1 Å². The molecule has 0 amide bonds. The van der Waals surface area contributed by atoms with Crippen LogP contribution in [0.5, 0.6) is 0 Å². The summed E-state index contributed by atoms with van der Waals surface area (Å²) in [5.74, 6) is -0.876. The molecule has 0 heterocycles. The van der Waals surface area contributed by atoms with Crippen LogP contribution in [0.2, 0.25) is 5.02 Å². The quantitative estimate of drug-likeness (QED) is 0.659. The summed E-state index contributed by atoms with van der Waals surface area (Å²) < 4.78 is 2.69. The fourth-order valence-electron chi connectivity index (χ4n) is 1.06. The number of carboxylic acid groups (broad SMARTS) is 1. The molecule has 0 bridgehead atoms. The molecule has 0 aliphatic carbocycles. The largest absolute Gasteiger partial charge is 0.480 e. The van der Waals surface area contributed by atoms with Crippen LogP contribution in [0.15, 0.2) is 24.3 Å². The number of aliphatic carboxylic acids is 1. The van der Waals surface area contributed by atoms with E-state index in [1.165, 1.54) is 0 Å². The zero-order valence-electron chi connectivity index (χ0n) is 7.21. The van der Waals surface area contributed by atoms with Gasteiger partial charge < -0.3 is 5.11 Å². The molecule has 76 valence electrons. The molecular weight excluding hydrogens is 316 g/mol. The highest BCUT2D eigenvalue weighted by atomic mass is 127. The number of benzene rings is 1. The van der Waals surface area contributed by atoms with Crippen molar-refractivity contribution in [1.82, 2.24) is 3.53 Å². The van der Waals surface area contributed by atoms with E-state index in [9.17, 15) is 4.79 Å². The molecule has 0 saturated heterocycles. The van der Waals surface area contributed by atoms with E-state index in [4.69, 9.17) is 16.7 Å². The van der Waals surface area contributed by atoms with Crippen LogP contribution in [0.1, 0.15) is 5.56 Å². The molecule has 1 aromatic carbocycles. The third kappa shape index (κ3) is 3.11. The van der Waals surface area contributed by atoms with Crippen molar-refractivity contribution in [3.05, 3.63) is 34.9 Å². The SMILES string of the molecule is O=C(O)C(Cc1ccccc1Cl)NI. The molecule has 1 rings (SSSR count). The topological polar surface area (TPSA) is 49.3 Å². The first kappa shape index (κ1) is 11.7. The van der Waals surface area contributed by atoms with Crippen LogP contribution in [-0.2, 0) is 11.2 Å². The molecule has 1 unspecified atom stereocenters. The standard InChI is InChI=1S/C9H9ClINO2/c10-7-4-2-1-3-6(7)5-8(12-11)9(13)14/h1-4,8,12H,5H2,(H,13,14). The Kier molecular flexibility index (Phi) is 4.64. The van der Waals surface area contributed by atoms with Gasteiger partial charge in [0.2, 0.25) is 0 Å². The number of hydrogen-bond acceptors (Lipinski definition) is 2. The van der Waals surface area contributed by atoms with Gasteiger partial charge in [-0.3, -0.25) is 4.79 Å². The lowest BCUT2D eigenvalue weighted by Gasteiger charge is -2.10. The summed E-state index contributed by atoms with van der Waals surface area (Å²) >= 11 is 7.74. The highest BCUT2D eigenvalue weighted by Crippen LogP contribution is 2.16. The molecule has 2 N–H and O–H groups in total. The maximum absolute atomic E-state index is 10.7. The fourth-order valence-corrected chi connectivity index (χ4v) is 1.76. The Labute approximate surface area is 101 Å². The second kappa shape index (κ2) is 5.53. The number of nitrogens with one attached hydrogen (secondary N) is 1. The van der Waals surface area contributed by atoms with Crippen LogP contribution in [0.4, 0.5) is 0 Å². The first-order valence-electron chi connectivity index (χ1n) is 3.97. The van der Waals surface area contributed by atoms with Crippen LogP contribution in [0, 0.1) is 0 Å². The smallest absolute Gasteiger partial charge is 0.321 e. The van der Waals surface area contributed by atoms with E-state index in [2.05, 4.69) is 3.53 Å². The number of halogens is 2. The van der Waals surface area contributed by atoms with Crippen molar-refractivity contribution in [2.75, 3.05) is 0 Å². The molecule has 1 atom stereocenters. The Bertz CT molecular complexity index is 332. The van der Waals surface area contributed by atoms with Crippen molar-refractivity contribution in [2.24, 2.45) is 0 Å². The van der Waals surface area contributed by atoms with Gasteiger partial charge in [0, 0.05) is 34.3 Å². The second-order valence-electron chi connectivity index (χ2n) is 2.80. The Morgan fingerprint density at radius 3 is 2.71 bits per heavy atom. The lowest BCUT2D eigenvalue weighted by molar-refractivity contribution is -0.138. The highest BCUT2D eigenvalue weighted by molar-refractivity contribution is 14.1. The monoisotopic (exact) mass is 325 g/mol. The van der Waals surface area contributed by atoms with Gasteiger partial charge in [-0.2, -0.15) is 0 Å². The molecule has 0 fully saturated rings. The van der Waals surface area contributed by atoms with Crippen molar-refractivity contribution in [3.8, 4) is 0 Å². The minimum absolute atomic E-state index is 0.387. The minimum atomic E-state index is -0.876. The van der Waals surface area contributed by atoms with Gasteiger partial charge in [0.25, 0.3) is 0 Å². The van der Waals surface area contributed by atoms with Crippen molar-refractivity contribution in [3.63, 3.8) is 0 Å². The van der Waals surface area contributed by atoms with E-state index in [-0.39, 0.29) is 0 Å². The Hall–Kier alpha value is -0.330. The van der Waals surface area contributed by atoms with Gasteiger partial charge in [-0.15, -0.1) is 0 Å². The molecule has 3 nitrogen and oxygen atoms in total. The number of hydrogen-bond donors (Lipinski definition) is 2. The van der Waals surface area contributed by atoms with Crippen molar-refractivity contribution in [2.45, 2.75) is 12.5 Å². The summed E-state index contributed by atoms with van der Waals surface area (Å²) in [5, 5.41) is 9.42. The van der Waals surface area contributed by atoms with Crippen LogP contribution >= 0.6 is 34.5 Å². The molecule has 0 aliphatic rings. The van der Waals surface area contributed by atoms with Gasteiger partial charge in [-0.05, 0) is 11.6 Å². The first-order valence-corrected chi connectivity index (χ1v) is 5.43. The van der Waals surface area contributed by atoms with Crippen molar-refractivity contribution < 1.29 is 9.90 Å². The van der Waals surface area contributed by atoms with Crippen LogP contribution < -0.4 is 3.53 Å². The summed E-state index contributed by atoms with van der Waals surface area (Å²) in [4.78, 5) is 10.7. The predicted octanol–water partition coefficient (Wildman–Crippen LogP) is 2.28. The average Bonchev–Trinajstić information content (AvgIpc) is 2.16. The van der Waals surface area contributed by atoms with Gasteiger partial charge in [0.15, 0.2) is 0 Å². The molecule has 0 saturated carbocycles. The summed E-state index contributed by atoms with van der Waals surface area (Å²) in [6, 6.07) is 6.64. The summed E-state index contributed by atoms with van der Waals surface area (Å²) in [7, 11) is 0. The lowest BCUT2D eigenvalue weighted by Crippen LogP contribution is -2.32. The normalized spacial score (nSPS) is 12.4. The molecule has 0 radical (unpaired) electrons. The Morgan fingerprint density at radius 1 is 1.57 bits per heavy atom. The summed E-state index contributed by atoms with van der Waals surface area (Å²) in [6.07, 6.45) is 0.387. The molecule has 0 aliphatic heterocycles. The maximum Gasteiger partial charge on any atom is 0.321 e. The van der Waals surface area contributed by atoms with Crippen molar-refractivity contribution >= 4 is 40.4 Å². The average molecular weight is 326 g/mol. The number of carboxylic acids is 1. The molecule has 14 heavy (non-hydrogen) atoms. The molecule has 0 spiro atoms. The van der Waals surface area contributed by atoms with E-state index >= 15 is 0 Å². The number of carbonyl (C=O) groups is 1. The zero-order valence-corrected chi connectivity index (χ0v) is 10.1. The maximum atomic E-state index is 10.7. The summed E-state index contributed by atoms with van der Waals surface area (Å²) in [6.45, 7) is 0.